The lowest BCUT2D eigenvalue weighted by atomic mass is 10.2. The number of hydrogen-bond acceptors (Lipinski definition) is 7. The van der Waals surface area contributed by atoms with Crippen molar-refractivity contribution in [1.29, 1.82) is 0 Å². The molecular formula is C23H25N3O6S. The van der Waals surface area contributed by atoms with Crippen LogP contribution in [-0.4, -0.2) is 51.3 Å². The number of aromatic nitrogens is 1. The van der Waals surface area contributed by atoms with Gasteiger partial charge in [-0.3, -0.25) is 14.1 Å². The first-order valence-electron chi connectivity index (χ1n) is 10.1. The first kappa shape index (κ1) is 23.9. The van der Waals surface area contributed by atoms with E-state index >= 15 is 0 Å². The Morgan fingerprint density at radius 3 is 2.55 bits per heavy atom. The van der Waals surface area contributed by atoms with E-state index in [4.69, 9.17) is 9.47 Å². The maximum Gasteiger partial charge on any atom is 0.324 e. The number of hydrogen-bond donors (Lipinski definition) is 2. The van der Waals surface area contributed by atoms with Gasteiger partial charge in [-0.1, -0.05) is 12.1 Å². The normalized spacial score (nSPS) is 11.0. The predicted molar refractivity (Wildman–Crippen MR) is 125 cm³/mol. The topological polar surface area (TPSA) is 118 Å². The maximum atomic E-state index is 13.4. The molecule has 0 unspecified atom stereocenters. The molecule has 0 aliphatic carbocycles. The van der Waals surface area contributed by atoms with Crippen LogP contribution < -0.4 is 19.1 Å². The minimum absolute atomic E-state index is 0.124. The molecule has 2 aromatic carbocycles. The van der Waals surface area contributed by atoms with Crippen LogP contribution in [0.3, 0.4) is 0 Å². The second-order valence-corrected chi connectivity index (χ2v) is 8.90. The van der Waals surface area contributed by atoms with Gasteiger partial charge in [-0.25, -0.2) is 8.42 Å². The van der Waals surface area contributed by atoms with Crippen molar-refractivity contribution >= 4 is 27.4 Å². The van der Waals surface area contributed by atoms with Crippen LogP contribution in [0, 0.1) is 6.92 Å². The predicted octanol–water partition coefficient (Wildman–Crippen LogP) is 3.17. The van der Waals surface area contributed by atoms with Crippen molar-refractivity contribution in [3.63, 3.8) is 0 Å². The lowest BCUT2D eigenvalue weighted by molar-refractivity contribution is -0.135. The van der Waals surface area contributed by atoms with Gasteiger partial charge in [0.15, 0.2) is 0 Å². The Morgan fingerprint density at radius 2 is 1.85 bits per heavy atom. The number of methoxy groups -OCH3 is 1. The van der Waals surface area contributed by atoms with Gasteiger partial charge in [-0.15, -0.1) is 0 Å². The third kappa shape index (κ3) is 6.13. The van der Waals surface area contributed by atoms with Crippen LogP contribution in [0.25, 0.3) is 0 Å². The second-order valence-electron chi connectivity index (χ2n) is 7.07. The van der Waals surface area contributed by atoms with Crippen LogP contribution in [0.5, 0.6) is 11.5 Å². The van der Waals surface area contributed by atoms with Crippen LogP contribution in [0.15, 0.2) is 71.9 Å². The third-order valence-corrected chi connectivity index (χ3v) is 6.43. The number of anilines is 2. The smallest absolute Gasteiger partial charge is 0.324 e. The summed E-state index contributed by atoms with van der Waals surface area (Å²) < 4.78 is 38.6. The van der Waals surface area contributed by atoms with E-state index in [-0.39, 0.29) is 16.3 Å². The first-order valence-corrected chi connectivity index (χ1v) is 11.5. The number of nitrogens with zero attached hydrogens (tertiary/aromatic N) is 2. The molecule has 1 heterocycles. The minimum atomic E-state index is -4.23. The Hall–Kier alpha value is -3.79. The molecule has 0 bridgehead atoms. The van der Waals surface area contributed by atoms with E-state index in [9.17, 15) is 18.3 Å². The fraction of sp³-hybridized carbons (Fsp3) is 0.217. The van der Waals surface area contributed by atoms with Gasteiger partial charge in [-0.05, 0) is 48.9 Å². The molecule has 0 fully saturated rings. The Kier molecular flexibility index (Phi) is 7.73. The van der Waals surface area contributed by atoms with Crippen molar-refractivity contribution in [2.45, 2.75) is 11.8 Å². The number of aliphatic carboxylic acids is 1. The number of pyridine rings is 1. The maximum absolute atomic E-state index is 13.4. The lowest BCUT2D eigenvalue weighted by Gasteiger charge is -2.24. The summed E-state index contributed by atoms with van der Waals surface area (Å²) in [5, 5.41) is 12.6. The van der Waals surface area contributed by atoms with E-state index in [0.29, 0.717) is 18.9 Å². The molecule has 0 radical (unpaired) electrons. The van der Waals surface area contributed by atoms with Crippen LogP contribution >= 0.6 is 0 Å². The molecule has 2 N–H and O–H groups in total. The van der Waals surface area contributed by atoms with Crippen LogP contribution in [-0.2, 0) is 14.8 Å². The molecule has 174 valence electrons. The molecule has 10 heteroatoms. The average Bonchev–Trinajstić information content (AvgIpc) is 2.80. The SMILES string of the molecule is COc1ccccc1S(=O)(=O)N(CC(=O)O)c1cc(C)cc(OCCNc2ccncc2)c1. The summed E-state index contributed by atoms with van der Waals surface area (Å²) in [6.45, 7) is 1.84. The Labute approximate surface area is 192 Å². The summed E-state index contributed by atoms with van der Waals surface area (Å²) in [6, 6.07) is 14.6. The van der Waals surface area contributed by atoms with Gasteiger partial charge in [0.05, 0.1) is 12.8 Å². The number of aryl methyl sites for hydroxylation is 1. The fourth-order valence-electron chi connectivity index (χ4n) is 3.18. The fourth-order valence-corrected chi connectivity index (χ4v) is 4.74. The molecule has 0 spiro atoms. The van der Waals surface area contributed by atoms with Crippen molar-refractivity contribution in [2.24, 2.45) is 0 Å². The quantitative estimate of drug-likeness (QED) is 0.410. The van der Waals surface area contributed by atoms with Crippen molar-refractivity contribution < 1.29 is 27.8 Å². The summed E-state index contributed by atoms with van der Waals surface area (Å²) in [5.74, 6) is -0.745. The summed E-state index contributed by atoms with van der Waals surface area (Å²) >= 11 is 0. The van der Waals surface area contributed by atoms with Crippen molar-refractivity contribution in [3.05, 3.63) is 72.6 Å². The van der Waals surface area contributed by atoms with Crippen molar-refractivity contribution in [1.82, 2.24) is 4.98 Å². The number of rotatable bonds is 11. The summed E-state index contributed by atoms with van der Waals surface area (Å²) in [4.78, 5) is 15.4. The van der Waals surface area contributed by atoms with E-state index < -0.39 is 22.5 Å². The van der Waals surface area contributed by atoms with E-state index in [2.05, 4.69) is 10.3 Å². The molecule has 0 aliphatic rings. The number of sulfonamides is 1. The van der Waals surface area contributed by atoms with Gasteiger partial charge in [-0.2, -0.15) is 0 Å². The number of carboxylic acids is 1. The lowest BCUT2D eigenvalue weighted by Crippen LogP contribution is -2.36. The van der Waals surface area contributed by atoms with Crippen LogP contribution in [0.4, 0.5) is 11.4 Å². The highest BCUT2D eigenvalue weighted by Gasteiger charge is 2.30. The molecule has 3 rings (SSSR count). The van der Waals surface area contributed by atoms with E-state index in [0.717, 1.165) is 15.6 Å². The number of nitrogens with one attached hydrogen (secondary N) is 1. The molecule has 9 nitrogen and oxygen atoms in total. The molecule has 3 aromatic rings. The van der Waals surface area contributed by atoms with Gasteiger partial charge < -0.3 is 19.9 Å². The Balaban J connectivity index is 1.85. The van der Waals surface area contributed by atoms with Crippen molar-refractivity contribution in [2.75, 3.05) is 36.4 Å². The standard InChI is InChI=1S/C23H25N3O6S/c1-17-13-19(15-20(14-17)32-12-11-25-18-7-9-24-10-8-18)26(16-23(27)28)33(29,30)22-6-4-3-5-21(22)31-2/h3-10,13-15H,11-12,16H2,1-2H3,(H,24,25)(H,27,28). The molecule has 0 aliphatic heterocycles. The van der Waals surface area contributed by atoms with Gasteiger partial charge in [0, 0.05) is 30.7 Å². The Morgan fingerprint density at radius 1 is 1.12 bits per heavy atom. The van der Waals surface area contributed by atoms with Crippen molar-refractivity contribution in [3.8, 4) is 11.5 Å². The highest BCUT2D eigenvalue weighted by atomic mass is 32.2. The molecule has 0 saturated carbocycles. The minimum Gasteiger partial charge on any atom is -0.495 e. The zero-order chi connectivity index (χ0) is 23.8. The first-order chi connectivity index (χ1) is 15.8. The summed E-state index contributed by atoms with van der Waals surface area (Å²) in [5.41, 5.74) is 1.80. The van der Waals surface area contributed by atoms with E-state index in [1.54, 1.807) is 43.6 Å². The van der Waals surface area contributed by atoms with Gasteiger partial charge in [0.2, 0.25) is 0 Å². The number of carbonyl (C=O) groups is 1. The van der Waals surface area contributed by atoms with Crippen LogP contribution in [0.1, 0.15) is 5.56 Å². The molecule has 33 heavy (non-hydrogen) atoms. The molecule has 0 atom stereocenters. The van der Waals surface area contributed by atoms with Gasteiger partial charge in [0.25, 0.3) is 10.0 Å². The number of benzene rings is 2. The van der Waals surface area contributed by atoms with Gasteiger partial charge >= 0.3 is 5.97 Å². The zero-order valence-corrected chi connectivity index (χ0v) is 19.1. The highest BCUT2D eigenvalue weighted by molar-refractivity contribution is 7.93. The number of para-hydroxylation sites is 1. The van der Waals surface area contributed by atoms with Crippen LogP contribution in [0.2, 0.25) is 0 Å². The zero-order valence-electron chi connectivity index (χ0n) is 18.3. The second kappa shape index (κ2) is 10.7. The third-order valence-electron chi connectivity index (χ3n) is 4.62. The molecule has 0 amide bonds. The summed E-state index contributed by atoms with van der Waals surface area (Å²) in [6.07, 6.45) is 3.35. The molecule has 1 aromatic heterocycles. The number of ether oxygens (including phenoxy) is 2. The largest absolute Gasteiger partial charge is 0.495 e. The molecule has 0 saturated heterocycles. The Bertz CT molecular complexity index is 1200. The average molecular weight is 472 g/mol. The monoisotopic (exact) mass is 471 g/mol. The van der Waals surface area contributed by atoms with E-state index in [1.807, 2.05) is 12.1 Å². The summed E-state index contributed by atoms with van der Waals surface area (Å²) in [7, 11) is -2.88. The highest BCUT2D eigenvalue weighted by Crippen LogP contribution is 2.32. The number of carboxylic acid groups (broad SMARTS) is 1. The molecular weight excluding hydrogens is 446 g/mol. The van der Waals surface area contributed by atoms with E-state index in [1.165, 1.54) is 25.3 Å². The van der Waals surface area contributed by atoms with Gasteiger partial charge in [0.1, 0.15) is 29.5 Å².